The van der Waals surface area contributed by atoms with Gasteiger partial charge in [-0.25, -0.2) is 4.98 Å². The van der Waals surface area contributed by atoms with Crippen molar-refractivity contribution in [2.75, 3.05) is 17.2 Å². The third-order valence-electron chi connectivity index (χ3n) is 2.11. The van der Waals surface area contributed by atoms with E-state index in [0.29, 0.717) is 0 Å². The molecule has 0 aliphatic carbocycles. The minimum Gasteiger partial charge on any atom is -0.405 e. The molecule has 88 valence electrons. The van der Waals surface area contributed by atoms with E-state index in [1.807, 2.05) is 35.7 Å². The summed E-state index contributed by atoms with van der Waals surface area (Å²) < 4.78 is 0. The third kappa shape index (κ3) is 3.49. The Morgan fingerprint density at radius 1 is 1.35 bits per heavy atom. The lowest BCUT2D eigenvalue weighted by molar-refractivity contribution is 1.31. The van der Waals surface area contributed by atoms with Crippen LogP contribution in [0.5, 0.6) is 0 Å². The Labute approximate surface area is 104 Å². The maximum absolute atomic E-state index is 5.27. The molecule has 1 aromatic heterocycles. The number of aromatic nitrogens is 1. The van der Waals surface area contributed by atoms with Crippen LogP contribution < -0.4 is 16.4 Å². The van der Waals surface area contributed by atoms with Gasteiger partial charge in [0, 0.05) is 29.5 Å². The van der Waals surface area contributed by atoms with Crippen molar-refractivity contribution in [2.24, 2.45) is 5.73 Å². The second-order valence-electron chi connectivity index (χ2n) is 3.35. The zero-order valence-electron chi connectivity index (χ0n) is 9.26. The lowest BCUT2D eigenvalue weighted by Crippen LogP contribution is -1.99. The van der Waals surface area contributed by atoms with E-state index < -0.39 is 0 Å². The van der Waals surface area contributed by atoms with Gasteiger partial charge in [-0.1, -0.05) is 6.07 Å². The molecule has 5 heteroatoms. The lowest BCUT2D eigenvalue weighted by Gasteiger charge is -2.07. The number of rotatable bonds is 5. The van der Waals surface area contributed by atoms with E-state index in [9.17, 15) is 0 Å². The van der Waals surface area contributed by atoms with Crippen LogP contribution in [0.1, 0.15) is 0 Å². The Hall–Kier alpha value is -2.01. The number of hydrogen-bond acceptors (Lipinski definition) is 5. The highest BCUT2D eigenvalue weighted by Crippen LogP contribution is 2.21. The Balaban J connectivity index is 2.01. The molecule has 2 aromatic rings. The predicted octanol–water partition coefficient (Wildman–Crippen LogP) is 2.77. The molecule has 0 radical (unpaired) electrons. The summed E-state index contributed by atoms with van der Waals surface area (Å²) >= 11 is 1.57. The molecule has 1 heterocycles. The maximum atomic E-state index is 5.27. The van der Waals surface area contributed by atoms with E-state index in [0.717, 1.165) is 23.1 Å². The van der Waals surface area contributed by atoms with Gasteiger partial charge < -0.3 is 16.4 Å². The number of benzene rings is 1. The molecule has 0 aliphatic heterocycles. The summed E-state index contributed by atoms with van der Waals surface area (Å²) in [6.45, 7) is 0.719. The summed E-state index contributed by atoms with van der Waals surface area (Å²) in [6.07, 6.45) is 5.17. The van der Waals surface area contributed by atoms with Crippen molar-refractivity contribution in [3.63, 3.8) is 0 Å². The van der Waals surface area contributed by atoms with Crippen molar-refractivity contribution in [1.29, 1.82) is 0 Å². The van der Waals surface area contributed by atoms with Crippen molar-refractivity contribution in [1.82, 2.24) is 4.98 Å². The normalized spacial score (nSPS) is 10.6. The average molecular weight is 246 g/mol. The maximum Gasteiger partial charge on any atom is 0.187 e. The van der Waals surface area contributed by atoms with Gasteiger partial charge in [0.1, 0.15) is 0 Å². The van der Waals surface area contributed by atoms with Crippen LogP contribution in [0.4, 0.5) is 16.5 Å². The van der Waals surface area contributed by atoms with E-state index in [2.05, 4.69) is 15.6 Å². The first-order valence-corrected chi connectivity index (χ1v) is 6.13. The van der Waals surface area contributed by atoms with Gasteiger partial charge in [0.15, 0.2) is 5.13 Å². The molecule has 0 spiro atoms. The summed E-state index contributed by atoms with van der Waals surface area (Å²) in [6, 6.07) is 8.04. The zero-order chi connectivity index (χ0) is 11.9. The summed E-state index contributed by atoms with van der Waals surface area (Å²) in [5, 5.41) is 9.31. The number of hydrogen-bond donors (Lipinski definition) is 3. The van der Waals surface area contributed by atoms with Crippen molar-refractivity contribution in [2.45, 2.75) is 0 Å². The molecular formula is C12H14N4S. The number of nitrogens with two attached hydrogens (primary N) is 1. The quantitative estimate of drug-likeness (QED) is 0.759. The molecule has 0 atom stereocenters. The van der Waals surface area contributed by atoms with Gasteiger partial charge in [0.05, 0.1) is 0 Å². The fourth-order valence-electron chi connectivity index (χ4n) is 1.36. The minimum atomic E-state index is 0.719. The number of anilines is 3. The van der Waals surface area contributed by atoms with Crippen LogP contribution in [0.2, 0.25) is 0 Å². The highest BCUT2D eigenvalue weighted by atomic mass is 32.1. The topological polar surface area (TPSA) is 63.0 Å². The van der Waals surface area contributed by atoms with Crippen molar-refractivity contribution in [3.05, 3.63) is 48.1 Å². The molecule has 17 heavy (non-hydrogen) atoms. The van der Waals surface area contributed by atoms with Crippen LogP contribution in [0, 0.1) is 0 Å². The largest absolute Gasteiger partial charge is 0.405 e. The average Bonchev–Trinajstić information content (AvgIpc) is 2.83. The molecule has 0 amide bonds. The molecule has 0 saturated carbocycles. The summed E-state index contributed by atoms with van der Waals surface area (Å²) in [4.78, 5) is 4.18. The SMILES string of the molecule is NC=CCNc1cccc(Nc2nccs2)c1. The first-order valence-electron chi connectivity index (χ1n) is 5.25. The smallest absolute Gasteiger partial charge is 0.187 e. The van der Waals surface area contributed by atoms with Crippen LogP contribution in [-0.4, -0.2) is 11.5 Å². The van der Waals surface area contributed by atoms with Crippen LogP contribution >= 0.6 is 11.3 Å². The number of nitrogens with one attached hydrogen (secondary N) is 2. The van der Waals surface area contributed by atoms with Gasteiger partial charge in [0.2, 0.25) is 0 Å². The molecule has 0 fully saturated rings. The molecule has 4 N–H and O–H groups in total. The number of nitrogens with zero attached hydrogens (tertiary/aromatic N) is 1. The highest BCUT2D eigenvalue weighted by molar-refractivity contribution is 7.13. The zero-order valence-corrected chi connectivity index (χ0v) is 10.1. The van der Waals surface area contributed by atoms with Gasteiger partial charge in [-0.05, 0) is 30.5 Å². The van der Waals surface area contributed by atoms with Gasteiger partial charge >= 0.3 is 0 Å². The van der Waals surface area contributed by atoms with Gasteiger partial charge in [0.25, 0.3) is 0 Å². The monoisotopic (exact) mass is 246 g/mol. The molecule has 0 unspecified atom stereocenters. The lowest BCUT2D eigenvalue weighted by atomic mass is 10.3. The molecular weight excluding hydrogens is 232 g/mol. The predicted molar refractivity (Wildman–Crippen MR) is 73.7 cm³/mol. The van der Waals surface area contributed by atoms with Gasteiger partial charge in [-0.15, -0.1) is 11.3 Å². The van der Waals surface area contributed by atoms with E-state index in [4.69, 9.17) is 5.73 Å². The Bertz CT molecular complexity index is 479. The van der Waals surface area contributed by atoms with E-state index in [1.165, 1.54) is 6.20 Å². The van der Waals surface area contributed by atoms with Crippen molar-refractivity contribution >= 4 is 27.8 Å². The Morgan fingerprint density at radius 2 is 2.24 bits per heavy atom. The minimum absolute atomic E-state index is 0.719. The highest BCUT2D eigenvalue weighted by Gasteiger charge is 1.97. The first kappa shape index (κ1) is 11.5. The van der Waals surface area contributed by atoms with E-state index in [1.54, 1.807) is 17.5 Å². The number of thiazole rings is 1. The van der Waals surface area contributed by atoms with Crippen LogP contribution in [0.15, 0.2) is 48.1 Å². The van der Waals surface area contributed by atoms with E-state index in [-0.39, 0.29) is 0 Å². The van der Waals surface area contributed by atoms with Crippen LogP contribution in [0.25, 0.3) is 0 Å². The van der Waals surface area contributed by atoms with Crippen molar-refractivity contribution in [3.8, 4) is 0 Å². The van der Waals surface area contributed by atoms with Gasteiger partial charge in [-0.2, -0.15) is 0 Å². The fourth-order valence-corrected chi connectivity index (χ4v) is 1.91. The fraction of sp³-hybridized carbons (Fsp3) is 0.0833. The molecule has 4 nitrogen and oxygen atoms in total. The van der Waals surface area contributed by atoms with E-state index >= 15 is 0 Å². The van der Waals surface area contributed by atoms with Crippen LogP contribution in [-0.2, 0) is 0 Å². The third-order valence-corrected chi connectivity index (χ3v) is 2.79. The molecule has 1 aromatic carbocycles. The van der Waals surface area contributed by atoms with Crippen molar-refractivity contribution < 1.29 is 0 Å². The second-order valence-corrected chi connectivity index (χ2v) is 4.25. The standard InChI is InChI=1S/C12H14N4S/c13-5-2-6-14-10-3-1-4-11(9-10)16-12-15-7-8-17-12/h1-5,7-9,14H,6,13H2,(H,15,16). The Morgan fingerprint density at radius 3 is 3.00 bits per heavy atom. The summed E-state index contributed by atoms with van der Waals surface area (Å²) in [5.41, 5.74) is 7.33. The molecule has 2 rings (SSSR count). The summed E-state index contributed by atoms with van der Waals surface area (Å²) in [7, 11) is 0. The van der Waals surface area contributed by atoms with Crippen LogP contribution in [0.3, 0.4) is 0 Å². The molecule has 0 bridgehead atoms. The molecule has 0 aliphatic rings. The second kappa shape index (κ2) is 5.91. The first-order chi connectivity index (χ1) is 8.38. The Kier molecular flexibility index (Phi) is 3.99. The summed E-state index contributed by atoms with van der Waals surface area (Å²) in [5.74, 6) is 0. The molecule has 0 saturated heterocycles. The van der Waals surface area contributed by atoms with Gasteiger partial charge in [-0.3, -0.25) is 0 Å².